The first-order chi connectivity index (χ1) is 16.9. The Balaban J connectivity index is 1.68. The van der Waals surface area contributed by atoms with Crippen LogP contribution in [0.15, 0.2) is 95.3 Å². The second-order valence-electron chi connectivity index (χ2n) is 7.57. The van der Waals surface area contributed by atoms with Gasteiger partial charge in [-0.3, -0.25) is 9.10 Å². The molecule has 0 bridgehead atoms. The van der Waals surface area contributed by atoms with Gasteiger partial charge in [-0.1, -0.05) is 41.7 Å². The van der Waals surface area contributed by atoms with E-state index in [-0.39, 0.29) is 4.90 Å². The number of fused-ring (bicyclic) bond motifs is 1. The van der Waals surface area contributed by atoms with Gasteiger partial charge in [0.15, 0.2) is 4.80 Å². The van der Waals surface area contributed by atoms with Crippen LogP contribution in [0.25, 0.3) is 10.2 Å². The molecule has 1 aromatic heterocycles. The number of para-hydroxylation sites is 2. The molecule has 0 aliphatic rings. The van der Waals surface area contributed by atoms with Gasteiger partial charge in [0.25, 0.3) is 15.9 Å². The van der Waals surface area contributed by atoms with Gasteiger partial charge in [0.1, 0.15) is 11.3 Å². The summed E-state index contributed by atoms with van der Waals surface area (Å²) in [6.45, 7) is 6.71. The van der Waals surface area contributed by atoms with Gasteiger partial charge in [0, 0.05) is 19.2 Å². The zero-order valence-electron chi connectivity index (χ0n) is 19.4. The molecule has 1 heterocycles. The average molecular weight is 508 g/mol. The maximum absolute atomic E-state index is 13.0. The number of nitrogens with zero attached hydrogens (tertiary/aromatic N) is 3. The molecule has 9 heteroatoms. The van der Waals surface area contributed by atoms with Crippen LogP contribution in [0, 0.1) is 0 Å². The smallest absolute Gasteiger partial charge is 0.279 e. The van der Waals surface area contributed by atoms with Gasteiger partial charge < -0.3 is 9.30 Å². The van der Waals surface area contributed by atoms with Crippen molar-refractivity contribution in [2.45, 2.75) is 18.4 Å². The van der Waals surface area contributed by atoms with Crippen molar-refractivity contribution in [2.75, 3.05) is 18.0 Å². The fourth-order valence-corrected chi connectivity index (χ4v) is 5.86. The third-order valence-electron chi connectivity index (χ3n) is 5.35. The summed E-state index contributed by atoms with van der Waals surface area (Å²) in [5.74, 6) is 0.252. The first kappa shape index (κ1) is 24.4. The normalized spacial score (nSPS) is 12.0. The Bertz CT molecular complexity index is 1540. The molecule has 0 unspecified atom stereocenters. The number of rotatable bonds is 8. The van der Waals surface area contributed by atoms with Gasteiger partial charge in [-0.25, -0.2) is 8.42 Å². The van der Waals surface area contributed by atoms with E-state index in [0.717, 1.165) is 10.2 Å². The van der Waals surface area contributed by atoms with Crippen molar-refractivity contribution in [1.29, 1.82) is 0 Å². The number of thiazole rings is 1. The minimum absolute atomic E-state index is 0.0883. The fraction of sp³-hybridized carbons (Fsp3) is 0.154. The predicted molar refractivity (Wildman–Crippen MR) is 140 cm³/mol. The number of amides is 1. The van der Waals surface area contributed by atoms with Crippen molar-refractivity contribution in [3.05, 3.63) is 95.8 Å². The van der Waals surface area contributed by atoms with Crippen molar-refractivity contribution < 1.29 is 17.9 Å². The summed E-state index contributed by atoms with van der Waals surface area (Å²) < 4.78 is 35.8. The van der Waals surface area contributed by atoms with Crippen molar-refractivity contribution in [3.63, 3.8) is 0 Å². The Hall–Kier alpha value is -3.69. The van der Waals surface area contributed by atoms with E-state index >= 15 is 0 Å². The van der Waals surface area contributed by atoms with Gasteiger partial charge in [-0.15, -0.1) is 6.58 Å². The molecule has 0 spiro atoms. The molecule has 0 N–H and O–H groups in total. The first-order valence-corrected chi connectivity index (χ1v) is 13.2. The van der Waals surface area contributed by atoms with Gasteiger partial charge in [0.05, 0.1) is 21.9 Å². The van der Waals surface area contributed by atoms with Crippen LogP contribution >= 0.6 is 11.3 Å². The minimum Gasteiger partial charge on any atom is -0.492 e. The van der Waals surface area contributed by atoms with E-state index in [9.17, 15) is 13.2 Å². The number of anilines is 1. The molecule has 1 amide bonds. The molecular weight excluding hydrogens is 482 g/mol. The van der Waals surface area contributed by atoms with Crippen LogP contribution in [0.2, 0.25) is 0 Å². The predicted octanol–water partition coefficient (Wildman–Crippen LogP) is 4.85. The van der Waals surface area contributed by atoms with Gasteiger partial charge in [-0.05, 0) is 55.5 Å². The number of aromatic nitrogens is 1. The molecule has 0 atom stereocenters. The Morgan fingerprint density at radius 1 is 1.09 bits per heavy atom. The lowest BCUT2D eigenvalue weighted by Gasteiger charge is -2.19. The summed E-state index contributed by atoms with van der Waals surface area (Å²) in [6.07, 6.45) is 1.74. The average Bonchev–Trinajstić information content (AvgIpc) is 3.22. The van der Waals surface area contributed by atoms with Crippen LogP contribution in [0.4, 0.5) is 5.69 Å². The summed E-state index contributed by atoms with van der Waals surface area (Å²) in [6, 6.07) is 20.3. The van der Waals surface area contributed by atoms with E-state index in [2.05, 4.69) is 11.6 Å². The minimum atomic E-state index is -3.77. The molecule has 180 valence electrons. The summed E-state index contributed by atoms with van der Waals surface area (Å²) in [5.41, 5.74) is 1.70. The van der Waals surface area contributed by atoms with Crippen LogP contribution in [0.3, 0.4) is 0 Å². The van der Waals surface area contributed by atoms with Gasteiger partial charge >= 0.3 is 0 Å². The molecule has 0 aliphatic heterocycles. The molecule has 0 fully saturated rings. The maximum Gasteiger partial charge on any atom is 0.279 e. The van der Waals surface area contributed by atoms with Crippen molar-refractivity contribution in [3.8, 4) is 5.75 Å². The number of carbonyl (C=O) groups is 1. The summed E-state index contributed by atoms with van der Waals surface area (Å²) in [5, 5.41) is 0. The Morgan fingerprint density at radius 2 is 1.80 bits per heavy atom. The van der Waals surface area contributed by atoms with E-state index in [1.165, 1.54) is 47.0 Å². The number of benzene rings is 3. The number of ether oxygens (including phenoxy) is 1. The number of hydrogen-bond donors (Lipinski definition) is 0. The van der Waals surface area contributed by atoms with Crippen LogP contribution in [-0.4, -0.2) is 32.5 Å². The van der Waals surface area contributed by atoms with Gasteiger partial charge in [0.2, 0.25) is 0 Å². The van der Waals surface area contributed by atoms with E-state index in [4.69, 9.17) is 4.74 Å². The van der Waals surface area contributed by atoms with E-state index in [1.807, 2.05) is 35.8 Å². The maximum atomic E-state index is 13.0. The van der Waals surface area contributed by atoms with Crippen molar-refractivity contribution in [2.24, 2.45) is 4.99 Å². The zero-order chi connectivity index (χ0) is 25.0. The molecule has 35 heavy (non-hydrogen) atoms. The zero-order valence-corrected chi connectivity index (χ0v) is 21.1. The standard InChI is InChI=1S/C26H25N3O4S2/c1-4-18-29-24-22(33-5-2)12-9-13-23(24)34-26(29)27-25(30)19-14-16-21(17-15-19)35(31,32)28(3)20-10-7-6-8-11-20/h4,6-17H,1,5,18H2,2-3H3. The van der Waals surface area contributed by atoms with Crippen LogP contribution in [0.5, 0.6) is 5.75 Å². The molecular formula is C26H25N3O4S2. The summed E-state index contributed by atoms with van der Waals surface area (Å²) >= 11 is 1.38. The van der Waals surface area contributed by atoms with Crippen molar-refractivity contribution in [1.82, 2.24) is 4.57 Å². The Morgan fingerprint density at radius 3 is 2.46 bits per heavy atom. The molecule has 3 aromatic carbocycles. The first-order valence-electron chi connectivity index (χ1n) is 11.0. The number of sulfonamides is 1. The molecule has 7 nitrogen and oxygen atoms in total. The quantitative estimate of drug-likeness (QED) is 0.319. The highest BCUT2D eigenvalue weighted by molar-refractivity contribution is 7.92. The molecule has 0 radical (unpaired) electrons. The van der Waals surface area contributed by atoms with Crippen molar-refractivity contribution >= 4 is 43.2 Å². The number of allylic oxidation sites excluding steroid dienone is 1. The van der Waals surface area contributed by atoms with E-state index < -0.39 is 15.9 Å². The highest BCUT2D eigenvalue weighted by Gasteiger charge is 2.21. The summed E-state index contributed by atoms with van der Waals surface area (Å²) in [4.78, 5) is 17.9. The third kappa shape index (κ3) is 4.91. The van der Waals surface area contributed by atoms with Crippen LogP contribution in [0.1, 0.15) is 17.3 Å². The Labute approximate surface area is 208 Å². The largest absolute Gasteiger partial charge is 0.492 e. The summed E-state index contributed by atoms with van der Waals surface area (Å²) in [7, 11) is -2.28. The lowest BCUT2D eigenvalue weighted by molar-refractivity contribution is 0.0997. The van der Waals surface area contributed by atoms with Crippen LogP contribution < -0.4 is 13.8 Å². The van der Waals surface area contributed by atoms with E-state index in [0.29, 0.717) is 35.0 Å². The lowest BCUT2D eigenvalue weighted by atomic mass is 10.2. The Kier molecular flexibility index (Phi) is 7.18. The van der Waals surface area contributed by atoms with E-state index in [1.54, 1.807) is 30.3 Å². The SMILES string of the molecule is C=CCn1c(=NC(=O)c2ccc(S(=O)(=O)N(C)c3ccccc3)cc2)sc2cccc(OCC)c21. The molecule has 0 saturated carbocycles. The second kappa shape index (κ2) is 10.3. The van der Waals surface area contributed by atoms with Crippen LogP contribution in [-0.2, 0) is 16.6 Å². The number of carbonyl (C=O) groups excluding carboxylic acids is 1. The fourth-order valence-electron chi connectivity index (χ4n) is 3.61. The highest BCUT2D eigenvalue weighted by atomic mass is 32.2. The second-order valence-corrected chi connectivity index (χ2v) is 10.5. The monoisotopic (exact) mass is 507 g/mol. The lowest BCUT2D eigenvalue weighted by Crippen LogP contribution is -2.26. The molecule has 4 rings (SSSR count). The highest BCUT2D eigenvalue weighted by Crippen LogP contribution is 2.28. The molecule has 0 aliphatic carbocycles. The topological polar surface area (TPSA) is 81.0 Å². The molecule has 4 aromatic rings. The molecule has 0 saturated heterocycles. The number of hydrogen-bond acceptors (Lipinski definition) is 5. The third-order valence-corrected chi connectivity index (χ3v) is 8.20. The van der Waals surface area contributed by atoms with Gasteiger partial charge in [-0.2, -0.15) is 4.99 Å².